The number of hydrogen-bond donors (Lipinski definition) is 1. The minimum Gasteiger partial charge on any atom is -0.465 e. The average molecular weight is 327 g/mol. The van der Waals surface area contributed by atoms with Crippen LogP contribution in [-0.2, 0) is 11.8 Å². The molecule has 7 nitrogen and oxygen atoms in total. The first-order valence-corrected chi connectivity index (χ1v) is 7.04. The molecule has 0 radical (unpaired) electrons. The van der Waals surface area contributed by atoms with Crippen molar-refractivity contribution in [3.8, 4) is 11.3 Å². The highest BCUT2D eigenvalue weighted by molar-refractivity contribution is 5.89. The molecule has 122 valence electrons. The van der Waals surface area contributed by atoms with Gasteiger partial charge in [0.05, 0.1) is 30.8 Å². The Morgan fingerprint density at radius 1 is 1.25 bits per heavy atom. The molecule has 0 amide bonds. The second-order valence-corrected chi connectivity index (χ2v) is 4.99. The molecule has 1 N–H and O–H groups in total. The number of carbonyl (C=O) groups is 1. The number of aromatic nitrogens is 4. The number of rotatable bonds is 4. The molecule has 0 saturated heterocycles. The van der Waals surface area contributed by atoms with Gasteiger partial charge in [0.2, 0.25) is 5.95 Å². The van der Waals surface area contributed by atoms with Crippen LogP contribution in [0, 0.1) is 5.82 Å². The summed E-state index contributed by atoms with van der Waals surface area (Å²) in [5.41, 5.74) is 1.73. The molecule has 1 aromatic carbocycles. The number of methoxy groups -OCH3 is 1. The van der Waals surface area contributed by atoms with Crippen LogP contribution in [0.25, 0.3) is 11.3 Å². The molecule has 0 saturated carbocycles. The third-order valence-electron chi connectivity index (χ3n) is 3.28. The summed E-state index contributed by atoms with van der Waals surface area (Å²) in [5.74, 6) is -0.766. The molecule has 0 aliphatic rings. The minimum absolute atomic E-state index is 0.132. The summed E-state index contributed by atoms with van der Waals surface area (Å²) in [5, 5.41) is 6.98. The van der Waals surface area contributed by atoms with E-state index in [1.54, 1.807) is 48.4 Å². The SMILES string of the molecule is COC(=O)c1ccc(-c2nc(Nc3cnn(C)c3)ncc2F)cc1. The summed E-state index contributed by atoms with van der Waals surface area (Å²) < 4.78 is 20.3. The molecule has 0 aliphatic heterocycles. The normalized spacial score (nSPS) is 10.5. The van der Waals surface area contributed by atoms with E-state index in [0.717, 1.165) is 6.20 Å². The lowest BCUT2D eigenvalue weighted by Gasteiger charge is -2.07. The Morgan fingerprint density at radius 2 is 2.00 bits per heavy atom. The molecule has 0 atom stereocenters. The van der Waals surface area contributed by atoms with Crippen molar-refractivity contribution in [2.45, 2.75) is 0 Å². The molecule has 8 heteroatoms. The topological polar surface area (TPSA) is 81.9 Å². The zero-order valence-electron chi connectivity index (χ0n) is 13.0. The average Bonchev–Trinajstić information content (AvgIpc) is 3.01. The number of aryl methyl sites for hydroxylation is 1. The van der Waals surface area contributed by atoms with Gasteiger partial charge in [0, 0.05) is 18.8 Å². The van der Waals surface area contributed by atoms with Crippen molar-refractivity contribution in [2.75, 3.05) is 12.4 Å². The third kappa shape index (κ3) is 3.22. The summed E-state index contributed by atoms with van der Waals surface area (Å²) in [7, 11) is 3.09. The van der Waals surface area contributed by atoms with E-state index in [9.17, 15) is 9.18 Å². The number of ether oxygens (including phenoxy) is 1. The maximum absolute atomic E-state index is 14.1. The molecule has 0 bridgehead atoms. The number of anilines is 2. The van der Waals surface area contributed by atoms with Crippen molar-refractivity contribution in [1.29, 1.82) is 0 Å². The van der Waals surface area contributed by atoms with E-state index in [0.29, 0.717) is 16.8 Å². The highest BCUT2D eigenvalue weighted by atomic mass is 19.1. The van der Waals surface area contributed by atoms with E-state index >= 15 is 0 Å². The summed E-state index contributed by atoms with van der Waals surface area (Å²) in [6.07, 6.45) is 4.45. The predicted octanol–water partition coefficient (Wildman–Crippen LogP) is 2.55. The molecule has 0 fully saturated rings. The largest absolute Gasteiger partial charge is 0.465 e. The predicted molar refractivity (Wildman–Crippen MR) is 85.3 cm³/mol. The maximum atomic E-state index is 14.1. The first-order valence-electron chi connectivity index (χ1n) is 7.04. The number of carbonyl (C=O) groups excluding carboxylic acids is 1. The molecular weight excluding hydrogens is 313 g/mol. The number of benzene rings is 1. The molecule has 3 aromatic rings. The fourth-order valence-corrected chi connectivity index (χ4v) is 2.13. The lowest BCUT2D eigenvalue weighted by atomic mass is 10.1. The van der Waals surface area contributed by atoms with Crippen molar-refractivity contribution in [3.63, 3.8) is 0 Å². The zero-order valence-corrected chi connectivity index (χ0v) is 13.0. The highest BCUT2D eigenvalue weighted by Gasteiger charge is 2.12. The van der Waals surface area contributed by atoms with Gasteiger partial charge in [-0.05, 0) is 12.1 Å². The van der Waals surface area contributed by atoms with Gasteiger partial charge in [-0.1, -0.05) is 12.1 Å². The Morgan fingerprint density at radius 3 is 2.62 bits per heavy atom. The summed E-state index contributed by atoms with van der Waals surface area (Å²) in [6, 6.07) is 6.31. The van der Waals surface area contributed by atoms with Gasteiger partial charge in [-0.25, -0.2) is 19.2 Å². The molecule has 0 spiro atoms. The monoisotopic (exact) mass is 327 g/mol. The summed E-state index contributed by atoms with van der Waals surface area (Å²) >= 11 is 0. The molecule has 0 unspecified atom stereocenters. The van der Waals surface area contributed by atoms with E-state index in [1.807, 2.05) is 0 Å². The standard InChI is InChI=1S/C16H14FN5O2/c1-22-9-12(7-19-22)20-16-18-8-13(17)14(21-16)10-3-5-11(6-4-10)15(23)24-2/h3-9H,1-2H3,(H,18,20,21). The number of nitrogens with zero attached hydrogens (tertiary/aromatic N) is 4. The molecule has 0 aliphatic carbocycles. The van der Waals surface area contributed by atoms with Crippen LogP contribution in [0.5, 0.6) is 0 Å². The van der Waals surface area contributed by atoms with Crippen LogP contribution in [0.1, 0.15) is 10.4 Å². The van der Waals surface area contributed by atoms with Crippen LogP contribution in [-0.4, -0.2) is 32.8 Å². The van der Waals surface area contributed by atoms with Gasteiger partial charge in [-0.15, -0.1) is 0 Å². The second kappa shape index (κ2) is 6.45. The number of hydrogen-bond acceptors (Lipinski definition) is 6. The van der Waals surface area contributed by atoms with Gasteiger partial charge in [-0.3, -0.25) is 4.68 Å². The summed E-state index contributed by atoms with van der Waals surface area (Å²) in [4.78, 5) is 19.6. The van der Waals surface area contributed by atoms with Crippen molar-refractivity contribution in [1.82, 2.24) is 19.7 Å². The van der Waals surface area contributed by atoms with E-state index < -0.39 is 11.8 Å². The van der Waals surface area contributed by atoms with Gasteiger partial charge in [0.1, 0.15) is 5.69 Å². The highest BCUT2D eigenvalue weighted by Crippen LogP contribution is 2.23. The van der Waals surface area contributed by atoms with Crippen molar-refractivity contribution in [3.05, 3.63) is 54.2 Å². The number of halogens is 1. The minimum atomic E-state index is -0.558. The first kappa shape index (κ1) is 15.6. The molecular formula is C16H14FN5O2. The van der Waals surface area contributed by atoms with Crippen LogP contribution in [0.2, 0.25) is 0 Å². The van der Waals surface area contributed by atoms with Crippen molar-refractivity contribution < 1.29 is 13.9 Å². The zero-order chi connectivity index (χ0) is 17.1. The Kier molecular flexibility index (Phi) is 4.19. The maximum Gasteiger partial charge on any atom is 0.337 e. The van der Waals surface area contributed by atoms with Crippen LogP contribution < -0.4 is 5.32 Å². The van der Waals surface area contributed by atoms with E-state index in [-0.39, 0.29) is 11.6 Å². The first-order chi connectivity index (χ1) is 11.6. The lowest BCUT2D eigenvalue weighted by Crippen LogP contribution is -2.02. The molecule has 2 aromatic heterocycles. The van der Waals surface area contributed by atoms with Gasteiger partial charge < -0.3 is 10.1 Å². The van der Waals surface area contributed by atoms with Crippen LogP contribution in [0.15, 0.2) is 42.9 Å². The Hall–Kier alpha value is -3.29. The Bertz CT molecular complexity index is 876. The molecule has 3 rings (SSSR count). The van der Waals surface area contributed by atoms with E-state index in [4.69, 9.17) is 0 Å². The Balaban J connectivity index is 1.89. The van der Waals surface area contributed by atoms with Gasteiger partial charge in [0.15, 0.2) is 5.82 Å². The number of nitrogens with one attached hydrogen (secondary N) is 1. The fourth-order valence-electron chi connectivity index (χ4n) is 2.13. The van der Waals surface area contributed by atoms with Crippen molar-refractivity contribution >= 4 is 17.6 Å². The van der Waals surface area contributed by atoms with Crippen LogP contribution >= 0.6 is 0 Å². The van der Waals surface area contributed by atoms with Crippen LogP contribution in [0.3, 0.4) is 0 Å². The van der Waals surface area contributed by atoms with Gasteiger partial charge in [0.25, 0.3) is 0 Å². The quantitative estimate of drug-likeness (QED) is 0.742. The third-order valence-corrected chi connectivity index (χ3v) is 3.28. The van der Waals surface area contributed by atoms with Crippen LogP contribution in [0.4, 0.5) is 16.0 Å². The second-order valence-electron chi connectivity index (χ2n) is 4.99. The van der Waals surface area contributed by atoms with Gasteiger partial charge in [-0.2, -0.15) is 5.10 Å². The molecule has 2 heterocycles. The lowest BCUT2D eigenvalue weighted by molar-refractivity contribution is 0.0601. The smallest absolute Gasteiger partial charge is 0.337 e. The van der Waals surface area contributed by atoms with Crippen molar-refractivity contribution in [2.24, 2.45) is 7.05 Å². The van der Waals surface area contributed by atoms with E-state index in [1.165, 1.54) is 7.11 Å². The number of esters is 1. The Labute approximate surface area is 137 Å². The van der Waals surface area contributed by atoms with E-state index in [2.05, 4.69) is 25.1 Å². The van der Waals surface area contributed by atoms with Gasteiger partial charge >= 0.3 is 5.97 Å². The molecule has 24 heavy (non-hydrogen) atoms. The fraction of sp³-hybridized carbons (Fsp3) is 0.125. The summed E-state index contributed by atoms with van der Waals surface area (Å²) in [6.45, 7) is 0.